The van der Waals surface area contributed by atoms with Crippen molar-refractivity contribution in [2.75, 3.05) is 17.7 Å². The number of rotatable bonds is 3. The summed E-state index contributed by atoms with van der Waals surface area (Å²) in [6, 6.07) is 8.59. The molecule has 0 unspecified atom stereocenters. The largest absolute Gasteiger partial charge is 0.462 e. The topological polar surface area (TPSA) is 67.6 Å². The first-order chi connectivity index (χ1) is 11.3. The Kier molecular flexibility index (Phi) is 4.32. The van der Waals surface area contributed by atoms with Gasteiger partial charge >= 0.3 is 0 Å². The monoisotopic (exact) mass is 345 g/mol. The zero-order chi connectivity index (χ0) is 17.3. The number of anilines is 1. The Hall–Kier alpha value is -2.34. The van der Waals surface area contributed by atoms with Crippen molar-refractivity contribution in [1.29, 1.82) is 0 Å². The number of sulfone groups is 1. The van der Waals surface area contributed by atoms with Crippen molar-refractivity contribution in [3.05, 3.63) is 53.5 Å². The summed E-state index contributed by atoms with van der Waals surface area (Å²) >= 11 is 0. The Bertz CT molecular complexity index is 909. The van der Waals surface area contributed by atoms with E-state index < -0.39 is 9.84 Å². The molecule has 126 valence electrons. The number of fused-ring (bicyclic) bond motifs is 1. The molecular weight excluding hydrogens is 326 g/mol. The summed E-state index contributed by atoms with van der Waals surface area (Å²) in [5.41, 5.74) is 1.67. The summed E-state index contributed by atoms with van der Waals surface area (Å²) in [7, 11) is -3.25. The van der Waals surface area contributed by atoms with Gasteiger partial charge in [0.25, 0.3) is 5.91 Å². The molecule has 0 spiro atoms. The minimum atomic E-state index is -3.25. The second-order valence-electron chi connectivity index (χ2n) is 5.94. The molecule has 2 heterocycles. The SMILES string of the molecule is Cc1ccc(/C=C\C(=O)N2CCCc3cc(S(C)(=O)=O)ccc32)o1. The smallest absolute Gasteiger partial charge is 0.251 e. The van der Waals surface area contributed by atoms with Crippen LogP contribution in [0.15, 0.2) is 45.7 Å². The average Bonchev–Trinajstić information content (AvgIpc) is 2.96. The number of nitrogens with zero attached hydrogens (tertiary/aromatic N) is 1. The van der Waals surface area contributed by atoms with Gasteiger partial charge in [0.1, 0.15) is 11.5 Å². The standard InChI is InChI=1S/C18H19NO4S/c1-13-5-6-15(23-13)7-10-18(20)19-11-3-4-14-12-16(24(2,21)22)8-9-17(14)19/h5-10,12H,3-4,11H2,1-2H3/b10-7-. The molecule has 0 aliphatic carbocycles. The third kappa shape index (κ3) is 3.43. The Balaban J connectivity index is 1.86. The fraction of sp³-hybridized carbons (Fsp3) is 0.278. The Morgan fingerprint density at radius 1 is 1.25 bits per heavy atom. The molecule has 1 aliphatic rings. The maximum Gasteiger partial charge on any atom is 0.251 e. The first-order valence-electron chi connectivity index (χ1n) is 7.73. The highest BCUT2D eigenvalue weighted by Crippen LogP contribution is 2.29. The summed E-state index contributed by atoms with van der Waals surface area (Å²) in [6.45, 7) is 2.46. The molecule has 3 rings (SSSR count). The van der Waals surface area contributed by atoms with E-state index in [4.69, 9.17) is 4.42 Å². The van der Waals surface area contributed by atoms with Gasteiger partial charge < -0.3 is 9.32 Å². The van der Waals surface area contributed by atoms with E-state index in [1.807, 2.05) is 19.1 Å². The normalized spacial score (nSPS) is 14.8. The van der Waals surface area contributed by atoms with Crippen LogP contribution in [-0.2, 0) is 21.1 Å². The van der Waals surface area contributed by atoms with Crippen molar-refractivity contribution in [2.45, 2.75) is 24.7 Å². The van der Waals surface area contributed by atoms with Gasteiger partial charge in [0.15, 0.2) is 9.84 Å². The number of benzene rings is 1. The molecule has 1 aromatic heterocycles. The number of furan rings is 1. The average molecular weight is 345 g/mol. The lowest BCUT2D eigenvalue weighted by molar-refractivity contribution is -0.114. The van der Waals surface area contributed by atoms with Crippen molar-refractivity contribution in [1.82, 2.24) is 0 Å². The molecule has 2 aromatic rings. The molecule has 0 saturated carbocycles. The Morgan fingerprint density at radius 2 is 2.04 bits per heavy atom. The van der Waals surface area contributed by atoms with E-state index in [-0.39, 0.29) is 10.8 Å². The van der Waals surface area contributed by atoms with Crippen molar-refractivity contribution >= 4 is 27.5 Å². The molecule has 5 nitrogen and oxygen atoms in total. The highest BCUT2D eigenvalue weighted by molar-refractivity contribution is 7.90. The van der Waals surface area contributed by atoms with Gasteiger partial charge in [-0.25, -0.2) is 8.42 Å². The summed E-state index contributed by atoms with van der Waals surface area (Å²) in [5, 5.41) is 0. The van der Waals surface area contributed by atoms with Gasteiger partial charge in [-0.1, -0.05) is 0 Å². The van der Waals surface area contributed by atoms with E-state index in [2.05, 4.69) is 0 Å². The van der Waals surface area contributed by atoms with Gasteiger partial charge in [0.2, 0.25) is 0 Å². The third-order valence-corrected chi connectivity index (χ3v) is 5.13. The maximum absolute atomic E-state index is 12.5. The van der Waals surface area contributed by atoms with Gasteiger partial charge in [0.05, 0.1) is 4.90 Å². The van der Waals surface area contributed by atoms with Gasteiger partial charge in [0, 0.05) is 24.6 Å². The van der Waals surface area contributed by atoms with E-state index in [1.165, 1.54) is 12.3 Å². The van der Waals surface area contributed by atoms with Crippen molar-refractivity contribution in [3.8, 4) is 0 Å². The molecule has 0 saturated heterocycles. The first-order valence-corrected chi connectivity index (χ1v) is 9.63. The lowest BCUT2D eigenvalue weighted by atomic mass is 10.0. The summed E-state index contributed by atoms with van der Waals surface area (Å²) < 4.78 is 28.8. The van der Waals surface area contributed by atoms with Gasteiger partial charge in [-0.15, -0.1) is 0 Å². The lowest BCUT2D eigenvalue weighted by Crippen LogP contribution is -2.34. The predicted molar refractivity (Wildman–Crippen MR) is 92.7 cm³/mol. The van der Waals surface area contributed by atoms with Gasteiger partial charge in [-0.2, -0.15) is 0 Å². The molecular formula is C18H19NO4S. The minimum Gasteiger partial charge on any atom is -0.462 e. The second kappa shape index (κ2) is 6.28. The number of carbonyl (C=O) groups is 1. The maximum atomic E-state index is 12.5. The summed E-state index contributed by atoms with van der Waals surface area (Å²) in [4.78, 5) is 14.5. The van der Waals surface area contributed by atoms with Crippen LogP contribution in [0.2, 0.25) is 0 Å². The Morgan fingerprint density at radius 3 is 2.71 bits per heavy atom. The van der Waals surface area contributed by atoms with E-state index in [0.29, 0.717) is 12.3 Å². The summed E-state index contributed by atoms with van der Waals surface area (Å²) in [5.74, 6) is 1.28. The summed E-state index contributed by atoms with van der Waals surface area (Å²) in [6.07, 6.45) is 5.89. The van der Waals surface area contributed by atoms with E-state index in [9.17, 15) is 13.2 Å². The van der Waals surface area contributed by atoms with Crippen LogP contribution in [0.3, 0.4) is 0 Å². The number of hydrogen-bond donors (Lipinski definition) is 0. The van der Waals surface area contributed by atoms with Crippen LogP contribution >= 0.6 is 0 Å². The number of aryl methyl sites for hydroxylation is 2. The van der Waals surface area contributed by atoms with E-state index >= 15 is 0 Å². The minimum absolute atomic E-state index is 0.142. The molecule has 1 aromatic carbocycles. The van der Waals surface area contributed by atoms with Gasteiger partial charge in [-0.05, 0) is 61.7 Å². The highest BCUT2D eigenvalue weighted by Gasteiger charge is 2.22. The van der Waals surface area contributed by atoms with Crippen LogP contribution in [-0.4, -0.2) is 27.1 Å². The quantitative estimate of drug-likeness (QED) is 0.802. The van der Waals surface area contributed by atoms with Crippen LogP contribution in [0.25, 0.3) is 6.08 Å². The zero-order valence-corrected chi connectivity index (χ0v) is 14.5. The number of amides is 1. The van der Waals surface area contributed by atoms with Crippen molar-refractivity contribution in [3.63, 3.8) is 0 Å². The molecule has 0 fully saturated rings. The number of hydrogen-bond acceptors (Lipinski definition) is 4. The molecule has 1 amide bonds. The van der Waals surface area contributed by atoms with Crippen LogP contribution in [0.5, 0.6) is 0 Å². The third-order valence-electron chi connectivity index (χ3n) is 4.02. The van der Waals surface area contributed by atoms with Crippen molar-refractivity contribution < 1.29 is 17.6 Å². The van der Waals surface area contributed by atoms with E-state index in [0.717, 1.165) is 29.9 Å². The van der Waals surface area contributed by atoms with Gasteiger partial charge in [-0.3, -0.25) is 4.79 Å². The molecule has 0 N–H and O–H groups in total. The fourth-order valence-corrected chi connectivity index (χ4v) is 3.49. The predicted octanol–water partition coefficient (Wildman–Crippen LogP) is 2.98. The first kappa shape index (κ1) is 16.5. The van der Waals surface area contributed by atoms with Crippen molar-refractivity contribution in [2.24, 2.45) is 0 Å². The molecule has 1 aliphatic heterocycles. The zero-order valence-electron chi connectivity index (χ0n) is 13.7. The van der Waals surface area contributed by atoms with E-state index in [1.54, 1.807) is 29.2 Å². The highest BCUT2D eigenvalue weighted by atomic mass is 32.2. The molecule has 24 heavy (non-hydrogen) atoms. The molecule has 0 radical (unpaired) electrons. The van der Waals surface area contributed by atoms with Crippen LogP contribution in [0.1, 0.15) is 23.5 Å². The van der Waals surface area contributed by atoms with Crippen LogP contribution in [0.4, 0.5) is 5.69 Å². The molecule has 0 atom stereocenters. The molecule has 6 heteroatoms. The fourth-order valence-electron chi connectivity index (χ4n) is 2.82. The second-order valence-corrected chi connectivity index (χ2v) is 7.95. The number of carbonyl (C=O) groups excluding carboxylic acids is 1. The van der Waals surface area contributed by atoms with Crippen LogP contribution in [0, 0.1) is 6.92 Å². The van der Waals surface area contributed by atoms with Crippen LogP contribution < -0.4 is 4.90 Å². The Labute approximate surface area is 141 Å². The molecule has 0 bridgehead atoms. The lowest BCUT2D eigenvalue weighted by Gasteiger charge is -2.29.